The molecule has 1 aromatic carbocycles. The predicted molar refractivity (Wildman–Crippen MR) is 49.3 cm³/mol. The lowest BCUT2D eigenvalue weighted by Crippen LogP contribution is -2.22. The summed E-state index contributed by atoms with van der Waals surface area (Å²) in [6.45, 7) is 0. The SMILES string of the molecule is O=S(=O)(CF)c1ccccc1NC(F)(F)F. The van der Waals surface area contributed by atoms with E-state index in [1.54, 1.807) is 0 Å². The van der Waals surface area contributed by atoms with Crippen molar-refractivity contribution in [1.82, 2.24) is 0 Å². The third-order valence-electron chi connectivity index (χ3n) is 1.64. The quantitative estimate of drug-likeness (QED) is 0.667. The normalized spacial score (nSPS) is 12.5. The summed E-state index contributed by atoms with van der Waals surface area (Å²) in [5.74, 6) is 0. The molecular weight excluding hydrogens is 250 g/mol. The highest BCUT2D eigenvalue weighted by molar-refractivity contribution is 7.91. The second kappa shape index (κ2) is 4.28. The zero-order valence-electron chi connectivity index (χ0n) is 7.75. The fourth-order valence-electron chi connectivity index (χ4n) is 1.05. The van der Waals surface area contributed by atoms with E-state index in [4.69, 9.17) is 0 Å². The lowest BCUT2D eigenvalue weighted by Gasteiger charge is -2.13. The Labute approximate surface area is 89.0 Å². The first-order chi connectivity index (χ1) is 7.26. The molecule has 0 aromatic heterocycles. The minimum absolute atomic E-state index is 0.687. The molecule has 0 radical (unpaired) electrons. The molecule has 0 saturated heterocycles. The van der Waals surface area contributed by atoms with Crippen molar-refractivity contribution in [3.8, 4) is 0 Å². The van der Waals surface area contributed by atoms with Crippen LogP contribution in [0.5, 0.6) is 0 Å². The van der Waals surface area contributed by atoms with Gasteiger partial charge >= 0.3 is 6.30 Å². The second-order valence-corrected chi connectivity index (χ2v) is 4.73. The molecule has 0 aliphatic rings. The van der Waals surface area contributed by atoms with Gasteiger partial charge in [-0.25, -0.2) is 12.8 Å². The van der Waals surface area contributed by atoms with Crippen molar-refractivity contribution in [3.05, 3.63) is 24.3 Å². The van der Waals surface area contributed by atoms with E-state index in [2.05, 4.69) is 0 Å². The van der Waals surface area contributed by atoms with Crippen molar-refractivity contribution in [2.75, 3.05) is 11.3 Å². The van der Waals surface area contributed by atoms with E-state index in [9.17, 15) is 26.0 Å². The van der Waals surface area contributed by atoms with Gasteiger partial charge in [0, 0.05) is 0 Å². The summed E-state index contributed by atoms with van der Waals surface area (Å²) < 4.78 is 70.5. The standard InChI is InChI=1S/C8H7F4NO2S/c9-5-16(14,15)7-4-2-1-3-6(7)13-8(10,11)12/h1-4,13H,5H2. The monoisotopic (exact) mass is 257 g/mol. The van der Waals surface area contributed by atoms with Gasteiger partial charge in [0.05, 0.1) is 10.6 Å². The summed E-state index contributed by atoms with van der Waals surface area (Å²) in [4.78, 5) is -0.713. The summed E-state index contributed by atoms with van der Waals surface area (Å²) in [5.41, 5.74) is -0.687. The Balaban J connectivity index is 3.22. The zero-order valence-corrected chi connectivity index (χ0v) is 8.57. The molecule has 0 atom stereocenters. The van der Waals surface area contributed by atoms with Crippen LogP contribution in [0.2, 0.25) is 0 Å². The Morgan fingerprint density at radius 1 is 1.19 bits per heavy atom. The minimum atomic E-state index is -4.78. The number of hydrogen-bond acceptors (Lipinski definition) is 3. The van der Waals surface area contributed by atoms with Gasteiger partial charge in [0.15, 0.2) is 6.01 Å². The van der Waals surface area contributed by atoms with Crippen molar-refractivity contribution in [3.63, 3.8) is 0 Å². The van der Waals surface area contributed by atoms with Crippen LogP contribution < -0.4 is 5.32 Å². The molecule has 0 heterocycles. The number of rotatable bonds is 3. The molecule has 1 aromatic rings. The summed E-state index contributed by atoms with van der Waals surface area (Å²) in [6, 6.07) is 2.50. The molecule has 0 amide bonds. The van der Waals surface area contributed by atoms with E-state index in [1.165, 1.54) is 12.1 Å². The maximum atomic E-state index is 12.2. The average Bonchev–Trinajstić information content (AvgIpc) is 2.16. The van der Waals surface area contributed by atoms with Crippen LogP contribution in [0.3, 0.4) is 0 Å². The molecule has 8 heteroatoms. The smallest absolute Gasteiger partial charge is 0.296 e. The number of benzene rings is 1. The molecule has 0 spiro atoms. The molecule has 0 aliphatic carbocycles. The fourth-order valence-corrected chi connectivity index (χ4v) is 1.91. The molecule has 90 valence electrons. The Bertz CT molecular complexity index is 469. The van der Waals surface area contributed by atoms with E-state index in [1.807, 2.05) is 0 Å². The van der Waals surface area contributed by atoms with E-state index in [0.717, 1.165) is 17.4 Å². The lowest BCUT2D eigenvalue weighted by atomic mass is 10.3. The molecular formula is C8H7F4NO2S. The Kier molecular flexibility index (Phi) is 3.41. The number of alkyl halides is 4. The van der Waals surface area contributed by atoms with Gasteiger partial charge in [-0.1, -0.05) is 12.1 Å². The van der Waals surface area contributed by atoms with Crippen molar-refractivity contribution in [2.45, 2.75) is 11.2 Å². The van der Waals surface area contributed by atoms with Gasteiger partial charge in [-0.15, -0.1) is 0 Å². The van der Waals surface area contributed by atoms with Crippen LogP contribution >= 0.6 is 0 Å². The van der Waals surface area contributed by atoms with Crippen LogP contribution in [0.1, 0.15) is 0 Å². The van der Waals surface area contributed by atoms with Crippen LogP contribution in [-0.2, 0) is 9.84 Å². The van der Waals surface area contributed by atoms with E-state index < -0.39 is 32.7 Å². The van der Waals surface area contributed by atoms with Crippen molar-refractivity contribution in [2.24, 2.45) is 0 Å². The summed E-state index contributed by atoms with van der Waals surface area (Å²) in [7, 11) is -4.33. The highest BCUT2D eigenvalue weighted by Crippen LogP contribution is 2.27. The largest absolute Gasteiger partial charge is 0.482 e. The van der Waals surface area contributed by atoms with E-state index in [0.29, 0.717) is 0 Å². The molecule has 1 N–H and O–H groups in total. The first-order valence-corrected chi connectivity index (χ1v) is 5.64. The molecule has 0 aliphatic heterocycles. The average molecular weight is 257 g/mol. The molecule has 0 unspecified atom stereocenters. The van der Waals surface area contributed by atoms with E-state index in [-0.39, 0.29) is 0 Å². The van der Waals surface area contributed by atoms with Gasteiger partial charge in [-0.2, -0.15) is 13.2 Å². The summed E-state index contributed by atoms with van der Waals surface area (Å²) in [6.07, 6.45) is -4.78. The Morgan fingerprint density at radius 3 is 2.25 bits per heavy atom. The van der Waals surface area contributed by atoms with Gasteiger partial charge in [0.2, 0.25) is 9.84 Å². The molecule has 1 rings (SSSR count). The number of nitrogens with one attached hydrogen (secondary N) is 1. The number of halogens is 4. The molecule has 0 fully saturated rings. The third kappa shape index (κ3) is 3.09. The van der Waals surface area contributed by atoms with Gasteiger partial charge < -0.3 is 0 Å². The van der Waals surface area contributed by atoms with Crippen LogP contribution in [-0.4, -0.2) is 20.7 Å². The van der Waals surface area contributed by atoms with Crippen LogP contribution in [0, 0.1) is 0 Å². The number of para-hydroxylation sites is 1. The summed E-state index contributed by atoms with van der Waals surface area (Å²) in [5, 5.41) is 1.04. The van der Waals surface area contributed by atoms with Crippen LogP contribution in [0.25, 0.3) is 0 Å². The Morgan fingerprint density at radius 2 is 1.75 bits per heavy atom. The third-order valence-corrected chi connectivity index (χ3v) is 2.96. The second-order valence-electron chi connectivity index (χ2n) is 2.84. The maximum Gasteiger partial charge on any atom is 0.482 e. The first kappa shape index (κ1) is 12.8. The predicted octanol–water partition coefficient (Wildman–Crippen LogP) is 2.32. The number of sulfone groups is 1. The number of hydrogen-bond donors (Lipinski definition) is 1. The lowest BCUT2D eigenvalue weighted by molar-refractivity contribution is -0.100. The van der Waals surface area contributed by atoms with Gasteiger partial charge in [-0.05, 0) is 12.1 Å². The summed E-state index contributed by atoms with van der Waals surface area (Å²) >= 11 is 0. The Hall–Kier alpha value is -1.31. The van der Waals surface area contributed by atoms with Gasteiger partial charge in [-0.3, -0.25) is 5.32 Å². The topological polar surface area (TPSA) is 46.2 Å². The highest BCUT2D eigenvalue weighted by atomic mass is 32.2. The van der Waals surface area contributed by atoms with Gasteiger partial charge in [0.1, 0.15) is 0 Å². The molecule has 16 heavy (non-hydrogen) atoms. The molecule has 3 nitrogen and oxygen atoms in total. The minimum Gasteiger partial charge on any atom is -0.296 e. The first-order valence-electron chi connectivity index (χ1n) is 3.99. The van der Waals surface area contributed by atoms with Crippen LogP contribution in [0.15, 0.2) is 29.2 Å². The number of anilines is 1. The van der Waals surface area contributed by atoms with Crippen molar-refractivity contribution < 1.29 is 26.0 Å². The van der Waals surface area contributed by atoms with Crippen molar-refractivity contribution in [1.29, 1.82) is 0 Å². The van der Waals surface area contributed by atoms with Crippen LogP contribution in [0.4, 0.5) is 23.2 Å². The van der Waals surface area contributed by atoms with Crippen molar-refractivity contribution >= 4 is 15.5 Å². The fraction of sp³-hybridized carbons (Fsp3) is 0.250. The zero-order chi connectivity index (χ0) is 12.4. The highest BCUT2D eigenvalue weighted by Gasteiger charge is 2.30. The van der Waals surface area contributed by atoms with E-state index >= 15 is 0 Å². The maximum absolute atomic E-state index is 12.2. The molecule has 0 saturated carbocycles. The molecule has 0 bridgehead atoms. The van der Waals surface area contributed by atoms with Gasteiger partial charge in [0.25, 0.3) is 0 Å².